The molecule has 2 N–H and O–H groups in total. The number of unbranched alkanes of at least 4 members (excludes halogenated alkanes) is 10. The molecule has 0 aliphatic rings. The van der Waals surface area contributed by atoms with Gasteiger partial charge in [-0.3, -0.25) is 4.79 Å². The summed E-state index contributed by atoms with van der Waals surface area (Å²) >= 11 is 0. The van der Waals surface area contributed by atoms with Gasteiger partial charge in [0.05, 0.1) is 6.20 Å². The van der Waals surface area contributed by atoms with Crippen LogP contribution in [0.2, 0.25) is 0 Å². The summed E-state index contributed by atoms with van der Waals surface area (Å²) in [5, 5.41) is 13.6. The van der Waals surface area contributed by atoms with Crippen LogP contribution in [0.3, 0.4) is 0 Å². The first kappa shape index (κ1) is 24.6. The average Bonchev–Trinajstić information content (AvgIpc) is 2.69. The molecular formula is C23H44N4O. The SMILES string of the molecule is CCCCCCCCC(CCC)(CCCCCCCC)Nc1cnn[nH]c1=O. The fraction of sp³-hybridized carbons (Fsp3) is 0.870. The standard InChI is InChI=1S/C23H44N4O/c1-4-7-9-11-13-15-18-23(17-6-3,19-16-14-12-10-8-5-2)25-21-20-24-27-26-22(21)28/h20H,4-19H2,1-3H3,(H,25,27)(H,24,26,28). The van der Waals surface area contributed by atoms with Crippen LogP contribution in [0.4, 0.5) is 5.69 Å². The summed E-state index contributed by atoms with van der Waals surface area (Å²) in [6.07, 6.45) is 21.7. The number of hydrogen-bond acceptors (Lipinski definition) is 4. The van der Waals surface area contributed by atoms with E-state index in [1.807, 2.05) is 0 Å². The van der Waals surface area contributed by atoms with Crippen molar-refractivity contribution in [1.29, 1.82) is 0 Å². The number of H-pyrrole nitrogens is 1. The molecular weight excluding hydrogens is 348 g/mol. The van der Waals surface area contributed by atoms with Crippen LogP contribution < -0.4 is 10.9 Å². The van der Waals surface area contributed by atoms with Crippen molar-refractivity contribution in [3.05, 3.63) is 16.6 Å². The van der Waals surface area contributed by atoms with Crippen LogP contribution in [0.15, 0.2) is 11.0 Å². The Morgan fingerprint density at radius 2 is 1.32 bits per heavy atom. The van der Waals surface area contributed by atoms with Gasteiger partial charge in [-0.05, 0) is 19.3 Å². The lowest BCUT2D eigenvalue weighted by molar-refractivity contribution is 0.339. The molecule has 0 fully saturated rings. The van der Waals surface area contributed by atoms with Crippen LogP contribution in [0, 0.1) is 0 Å². The fourth-order valence-electron chi connectivity index (χ4n) is 4.18. The Morgan fingerprint density at radius 3 is 1.82 bits per heavy atom. The van der Waals surface area contributed by atoms with Crippen molar-refractivity contribution in [2.24, 2.45) is 0 Å². The number of anilines is 1. The summed E-state index contributed by atoms with van der Waals surface area (Å²) in [5.41, 5.74) is 0.405. The lowest BCUT2D eigenvalue weighted by Crippen LogP contribution is -2.40. The molecule has 0 saturated carbocycles. The van der Waals surface area contributed by atoms with E-state index < -0.39 is 0 Å². The predicted octanol–water partition coefficient (Wildman–Crippen LogP) is 6.62. The van der Waals surface area contributed by atoms with Gasteiger partial charge in [0.15, 0.2) is 0 Å². The number of hydrogen-bond donors (Lipinski definition) is 2. The quantitative estimate of drug-likeness (QED) is 0.275. The van der Waals surface area contributed by atoms with E-state index in [4.69, 9.17) is 0 Å². The van der Waals surface area contributed by atoms with Crippen LogP contribution in [0.1, 0.15) is 124 Å². The third-order valence-electron chi connectivity index (χ3n) is 5.79. The molecule has 0 atom stereocenters. The summed E-state index contributed by atoms with van der Waals surface area (Å²) in [6.45, 7) is 6.77. The topological polar surface area (TPSA) is 70.7 Å². The summed E-state index contributed by atoms with van der Waals surface area (Å²) in [5.74, 6) is 0. The highest BCUT2D eigenvalue weighted by Gasteiger charge is 2.29. The predicted molar refractivity (Wildman–Crippen MR) is 120 cm³/mol. The van der Waals surface area contributed by atoms with Gasteiger partial charge >= 0.3 is 0 Å². The Morgan fingerprint density at radius 1 is 0.786 bits per heavy atom. The highest BCUT2D eigenvalue weighted by atomic mass is 16.1. The second kappa shape index (κ2) is 15.5. The highest BCUT2D eigenvalue weighted by molar-refractivity contribution is 5.40. The number of rotatable bonds is 18. The normalized spacial score (nSPS) is 11.7. The van der Waals surface area contributed by atoms with Crippen molar-refractivity contribution < 1.29 is 0 Å². The molecule has 0 aliphatic carbocycles. The lowest BCUT2D eigenvalue weighted by Gasteiger charge is -2.36. The Kier molecular flexibility index (Phi) is 13.7. The van der Waals surface area contributed by atoms with Crippen LogP contribution in [-0.4, -0.2) is 20.9 Å². The van der Waals surface area contributed by atoms with E-state index in [9.17, 15) is 4.79 Å². The number of aromatic amines is 1. The first-order valence-electron chi connectivity index (χ1n) is 11.9. The zero-order valence-corrected chi connectivity index (χ0v) is 18.7. The van der Waals surface area contributed by atoms with Gasteiger partial charge in [-0.1, -0.05) is 109 Å². The molecule has 0 bridgehead atoms. The van der Waals surface area contributed by atoms with Crippen molar-refractivity contribution in [3.8, 4) is 0 Å². The van der Waals surface area contributed by atoms with E-state index in [0.29, 0.717) is 5.69 Å². The third-order valence-corrected chi connectivity index (χ3v) is 5.79. The van der Waals surface area contributed by atoms with Crippen molar-refractivity contribution in [2.75, 3.05) is 5.32 Å². The molecule has 1 aromatic heterocycles. The van der Waals surface area contributed by atoms with Gasteiger partial charge < -0.3 is 5.32 Å². The number of nitrogens with zero attached hydrogens (tertiary/aromatic N) is 2. The largest absolute Gasteiger partial charge is 0.374 e. The molecule has 0 unspecified atom stereocenters. The summed E-state index contributed by atoms with van der Waals surface area (Å²) in [4.78, 5) is 12.2. The lowest BCUT2D eigenvalue weighted by atomic mass is 9.82. The molecule has 0 aromatic carbocycles. The van der Waals surface area contributed by atoms with Crippen molar-refractivity contribution >= 4 is 5.69 Å². The summed E-state index contributed by atoms with van der Waals surface area (Å²) in [6, 6.07) is 0. The van der Waals surface area contributed by atoms with Crippen LogP contribution in [0.25, 0.3) is 0 Å². The fourth-order valence-corrected chi connectivity index (χ4v) is 4.18. The Bertz CT molecular complexity index is 527. The van der Waals surface area contributed by atoms with E-state index in [-0.39, 0.29) is 11.1 Å². The third kappa shape index (κ3) is 10.2. The number of aromatic nitrogens is 3. The molecule has 0 aliphatic heterocycles. The second-order valence-electron chi connectivity index (χ2n) is 8.39. The van der Waals surface area contributed by atoms with Gasteiger partial charge in [-0.25, -0.2) is 5.10 Å². The zero-order chi connectivity index (χ0) is 20.5. The molecule has 1 heterocycles. The second-order valence-corrected chi connectivity index (χ2v) is 8.39. The molecule has 0 saturated heterocycles. The smallest absolute Gasteiger partial charge is 0.290 e. The van der Waals surface area contributed by atoms with Gasteiger partial charge in [-0.2, -0.15) is 0 Å². The minimum atomic E-state index is -0.165. The maximum Gasteiger partial charge on any atom is 0.290 e. The Hall–Kier alpha value is -1.39. The van der Waals surface area contributed by atoms with Crippen LogP contribution in [0.5, 0.6) is 0 Å². The van der Waals surface area contributed by atoms with Gasteiger partial charge in [0.2, 0.25) is 0 Å². The maximum atomic E-state index is 12.2. The molecule has 5 heteroatoms. The molecule has 5 nitrogen and oxygen atoms in total. The molecule has 1 aromatic rings. The minimum Gasteiger partial charge on any atom is -0.374 e. The first-order valence-corrected chi connectivity index (χ1v) is 11.9. The van der Waals surface area contributed by atoms with Crippen molar-refractivity contribution in [2.45, 2.75) is 129 Å². The molecule has 0 spiro atoms. The zero-order valence-electron chi connectivity index (χ0n) is 18.7. The van der Waals surface area contributed by atoms with E-state index in [0.717, 1.165) is 25.7 Å². The van der Waals surface area contributed by atoms with E-state index in [1.165, 1.54) is 77.0 Å². The maximum absolute atomic E-state index is 12.2. The van der Waals surface area contributed by atoms with Crippen molar-refractivity contribution in [1.82, 2.24) is 15.4 Å². The number of nitrogens with one attached hydrogen (secondary N) is 2. The Labute approximate surface area is 172 Å². The molecule has 28 heavy (non-hydrogen) atoms. The van der Waals surface area contributed by atoms with E-state index >= 15 is 0 Å². The van der Waals surface area contributed by atoms with Gasteiger partial charge in [0.25, 0.3) is 5.56 Å². The van der Waals surface area contributed by atoms with Crippen molar-refractivity contribution in [3.63, 3.8) is 0 Å². The van der Waals surface area contributed by atoms with Gasteiger partial charge in [-0.15, -0.1) is 5.10 Å². The molecule has 0 amide bonds. The van der Waals surface area contributed by atoms with E-state index in [2.05, 4.69) is 41.5 Å². The molecule has 0 radical (unpaired) electrons. The summed E-state index contributed by atoms with van der Waals surface area (Å²) in [7, 11) is 0. The minimum absolute atomic E-state index is 0.000294. The Balaban J connectivity index is 2.69. The van der Waals surface area contributed by atoms with Gasteiger partial charge in [0.1, 0.15) is 5.69 Å². The summed E-state index contributed by atoms with van der Waals surface area (Å²) < 4.78 is 0. The van der Waals surface area contributed by atoms with Gasteiger partial charge in [0, 0.05) is 5.54 Å². The highest BCUT2D eigenvalue weighted by Crippen LogP contribution is 2.31. The van der Waals surface area contributed by atoms with Crippen LogP contribution >= 0.6 is 0 Å². The van der Waals surface area contributed by atoms with E-state index in [1.54, 1.807) is 6.20 Å². The first-order chi connectivity index (χ1) is 13.7. The molecule has 162 valence electrons. The molecule has 1 rings (SSSR count). The average molecular weight is 393 g/mol. The van der Waals surface area contributed by atoms with Crippen LogP contribution in [-0.2, 0) is 0 Å². The monoisotopic (exact) mass is 392 g/mol.